The molecule has 4 heteroatoms. The van der Waals surface area contributed by atoms with Gasteiger partial charge in [0.15, 0.2) is 0 Å². The van der Waals surface area contributed by atoms with Gasteiger partial charge in [0.1, 0.15) is 5.69 Å². The highest BCUT2D eigenvalue weighted by Gasteiger charge is 2.42. The molecule has 2 fully saturated rings. The van der Waals surface area contributed by atoms with Gasteiger partial charge in [-0.3, -0.25) is 9.48 Å². The van der Waals surface area contributed by atoms with Crippen molar-refractivity contribution in [2.75, 3.05) is 0 Å². The van der Waals surface area contributed by atoms with Gasteiger partial charge in [0, 0.05) is 18.8 Å². The van der Waals surface area contributed by atoms with Gasteiger partial charge in [-0.1, -0.05) is 6.42 Å². The second-order valence-electron chi connectivity index (χ2n) is 6.13. The van der Waals surface area contributed by atoms with E-state index in [9.17, 15) is 4.79 Å². The monoisotopic (exact) mass is 261 g/mol. The summed E-state index contributed by atoms with van der Waals surface area (Å²) < 4.78 is 1.75. The summed E-state index contributed by atoms with van der Waals surface area (Å²) in [7, 11) is 0. The molecule has 2 saturated carbocycles. The van der Waals surface area contributed by atoms with Crippen LogP contribution in [-0.4, -0.2) is 21.7 Å². The Morgan fingerprint density at radius 2 is 2.37 bits per heavy atom. The van der Waals surface area contributed by atoms with E-state index in [1.807, 2.05) is 6.92 Å². The van der Waals surface area contributed by atoms with Crippen LogP contribution in [0.2, 0.25) is 0 Å². The summed E-state index contributed by atoms with van der Waals surface area (Å²) in [4.78, 5) is 12.3. The van der Waals surface area contributed by atoms with Crippen molar-refractivity contribution in [1.82, 2.24) is 15.1 Å². The van der Waals surface area contributed by atoms with Crippen LogP contribution in [0.4, 0.5) is 0 Å². The van der Waals surface area contributed by atoms with Crippen molar-refractivity contribution in [3.8, 4) is 0 Å². The third-order valence-corrected chi connectivity index (χ3v) is 5.04. The lowest BCUT2D eigenvalue weighted by Crippen LogP contribution is -2.40. The molecule has 0 saturated heterocycles. The molecule has 0 spiro atoms. The van der Waals surface area contributed by atoms with E-state index in [2.05, 4.69) is 17.3 Å². The molecular weight excluding hydrogens is 238 g/mol. The molecule has 0 aliphatic heterocycles. The van der Waals surface area contributed by atoms with E-state index in [-0.39, 0.29) is 11.9 Å². The number of hydrogen-bond acceptors (Lipinski definition) is 2. The molecule has 1 aromatic heterocycles. The number of fused-ring (bicyclic) bond motifs is 2. The standard InChI is InChI=1S/C15H23N3O/c1-3-18-14(6-7-16-18)15(19)17-10(2)13-9-11-4-5-12(13)8-11/h6-7,10-13H,3-5,8-9H2,1-2H3,(H,17,19)/t10-,11-,12-,13+/m0/s1. The molecule has 0 aromatic carbocycles. The molecule has 2 aliphatic carbocycles. The summed E-state index contributed by atoms with van der Waals surface area (Å²) in [6.07, 6.45) is 7.16. The number of nitrogens with one attached hydrogen (secondary N) is 1. The van der Waals surface area contributed by atoms with Crippen LogP contribution in [0.3, 0.4) is 0 Å². The molecule has 4 nitrogen and oxygen atoms in total. The molecule has 0 radical (unpaired) electrons. The fraction of sp³-hybridized carbons (Fsp3) is 0.733. The first-order chi connectivity index (χ1) is 9.19. The Hall–Kier alpha value is -1.32. The zero-order valence-electron chi connectivity index (χ0n) is 11.8. The van der Waals surface area contributed by atoms with Crippen molar-refractivity contribution in [2.45, 2.75) is 52.1 Å². The van der Waals surface area contributed by atoms with E-state index in [1.165, 1.54) is 25.7 Å². The summed E-state index contributed by atoms with van der Waals surface area (Å²) in [6.45, 7) is 4.90. The van der Waals surface area contributed by atoms with Crippen molar-refractivity contribution in [1.29, 1.82) is 0 Å². The van der Waals surface area contributed by atoms with Crippen LogP contribution in [0.15, 0.2) is 12.3 Å². The number of aryl methyl sites for hydroxylation is 1. The molecule has 3 rings (SSSR count). The van der Waals surface area contributed by atoms with E-state index in [0.29, 0.717) is 11.6 Å². The molecule has 1 N–H and O–H groups in total. The van der Waals surface area contributed by atoms with Gasteiger partial charge in [-0.05, 0) is 56.9 Å². The van der Waals surface area contributed by atoms with Crippen LogP contribution in [0.1, 0.15) is 50.0 Å². The normalized spacial score (nSPS) is 30.5. The third-order valence-electron chi connectivity index (χ3n) is 5.04. The lowest BCUT2D eigenvalue weighted by atomic mass is 9.84. The maximum absolute atomic E-state index is 12.3. The van der Waals surface area contributed by atoms with Crippen LogP contribution in [0.5, 0.6) is 0 Å². The van der Waals surface area contributed by atoms with Gasteiger partial charge in [-0.15, -0.1) is 0 Å². The average molecular weight is 261 g/mol. The van der Waals surface area contributed by atoms with E-state index >= 15 is 0 Å². The zero-order chi connectivity index (χ0) is 13.4. The highest BCUT2D eigenvalue weighted by atomic mass is 16.2. The Kier molecular flexibility index (Phi) is 3.33. The summed E-state index contributed by atoms with van der Waals surface area (Å²) in [5, 5.41) is 7.34. The van der Waals surface area contributed by atoms with E-state index in [1.54, 1.807) is 16.9 Å². The van der Waals surface area contributed by atoms with Gasteiger partial charge in [-0.25, -0.2) is 0 Å². The van der Waals surface area contributed by atoms with E-state index in [4.69, 9.17) is 0 Å². The van der Waals surface area contributed by atoms with Gasteiger partial charge in [0.25, 0.3) is 5.91 Å². The summed E-state index contributed by atoms with van der Waals surface area (Å²) in [6, 6.07) is 2.08. The number of rotatable bonds is 4. The number of hydrogen-bond donors (Lipinski definition) is 1. The summed E-state index contributed by atoms with van der Waals surface area (Å²) >= 11 is 0. The number of carbonyl (C=O) groups is 1. The van der Waals surface area contributed by atoms with Crippen molar-refractivity contribution in [3.05, 3.63) is 18.0 Å². The highest BCUT2D eigenvalue weighted by molar-refractivity contribution is 5.92. The summed E-state index contributed by atoms with van der Waals surface area (Å²) in [5.74, 6) is 2.47. The van der Waals surface area contributed by atoms with Gasteiger partial charge in [0.2, 0.25) is 0 Å². The number of nitrogens with zero attached hydrogens (tertiary/aromatic N) is 2. The number of carbonyl (C=O) groups excluding carboxylic acids is 1. The minimum Gasteiger partial charge on any atom is -0.348 e. The Morgan fingerprint density at radius 3 is 3.00 bits per heavy atom. The SMILES string of the molecule is CCn1nccc1C(=O)N[C@@H](C)[C@H]1C[C@H]2CC[C@H]1C2. The number of aromatic nitrogens is 2. The fourth-order valence-electron chi connectivity index (χ4n) is 4.07. The molecule has 1 amide bonds. The van der Waals surface area contributed by atoms with Crippen molar-refractivity contribution in [3.63, 3.8) is 0 Å². The molecule has 104 valence electrons. The van der Waals surface area contributed by atoms with Crippen molar-refractivity contribution in [2.24, 2.45) is 17.8 Å². The first-order valence-electron chi connectivity index (χ1n) is 7.51. The molecule has 0 unspecified atom stereocenters. The van der Waals surface area contributed by atoms with Crippen molar-refractivity contribution < 1.29 is 4.79 Å². The van der Waals surface area contributed by atoms with Crippen molar-refractivity contribution >= 4 is 5.91 Å². The second-order valence-corrected chi connectivity index (χ2v) is 6.13. The van der Waals surface area contributed by atoms with Crippen LogP contribution in [-0.2, 0) is 6.54 Å². The van der Waals surface area contributed by atoms with Gasteiger partial charge >= 0.3 is 0 Å². The molecule has 19 heavy (non-hydrogen) atoms. The first-order valence-corrected chi connectivity index (χ1v) is 7.51. The Morgan fingerprint density at radius 1 is 1.53 bits per heavy atom. The molecule has 1 heterocycles. The van der Waals surface area contributed by atoms with E-state index < -0.39 is 0 Å². The predicted octanol–water partition coefficient (Wildman–Crippen LogP) is 2.46. The Balaban J connectivity index is 1.63. The molecule has 4 atom stereocenters. The molecule has 2 bridgehead atoms. The van der Waals surface area contributed by atoms with Gasteiger partial charge in [0.05, 0.1) is 0 Å². The quantitative estimate of drug-likeness (QED) is 0.905. The third kappa shape index (κ3) is 2.28. The molecule has 2 aliphatic rings. The maximum atomic E-state index is 12.3. The van der Waals surface area contributed by atoms with Crippen LogP contribution < -0.4 is 5.32 Å². The van der Waals surface area contributed by atoms with E-state index in [0.717, 1.165) is 18.4 Å². The maximum Gasteiger partial charge on any atom is 0.269 e. The minimum absolute atomic E-state index is 0.0228. The second kappa shape index (κ2) is 4.99. The topological polar surface area (TPSA) is 46.9 Å². The lowest BCUT2D eigenvalue weighted by molar-refractivity contribution is 0.0904. The smallest absolute Gasteiger partial charge is 0.269 e. The number of amides is 1. The van der Waals surface area contributed by atoms with Crippen LogP contribution in [0, 0.1) is 17.8 Å². The van der Waals surface area contributed by atoms with Gasteiger partial charge in [-0.2, -0.15) is 5.10 Å². The van der Waals surface area contributed by atoms with Crippen LogP contribution in [0.25, 0.3) is 0 Å². The summed E-state index contributed by atoms with van der Waals surface area (Å²) in [5.41, 5.74) is 0.678. The molecular formula is C15H23N3O. The van der Waals surface area contributed by atoms with Crippen LogP contribution >= 0.6 is 0 Å². The predicted molar refractivity (Wildman–Crippen MR) is 73.8 cm³/mol. The Labute approximate surface area is 114 Å². The highest BCUT2D eigenvalue weighted by Crippen LogP contribution is 2.49. The average Bonchev–Trinajstić information content (AvgIpc) is 3.13. The molecule has 1 aromatic rings. The lowest BCUT2D eigenvalue weighted by Gasteiger charge is -2.28. The largest absolute Gasteiger partial charge is 0.348 e. The zero-order valence-corrected chi connectivity index (χ0v) is 11.8. The Bertz CT molecular complexity index is 468. The minimum atomic E-state index is 0.0228. The fourth-order valence-corrected chi connectivity index (χ4v) is 4.07. The first kappa shape index (κ1) is 12.7. The van der Waals surface area contributed by atoms with Gasteiger partial charge < -0.3 is 5.32 Å².